The molecule has 7 aromatic rings. The van der Waals surface area contributed by atoms with E-state index >= 15 is 0 Å². The number of benzene rings is 4. The number of hydrogen-bond acceptors (Lipinski definition) is 2. The molecule has 0 saturated carbocycles. The number of nitrogens with zero attached hydrogens (tertiary/aromatic N) is 3. The maximum atomic E-state index is 5.07. The van der Waals surface area contributed by atoms with Crippen LogP contribution < -0.4 is 0 Å². The minimum absolute atomic E-state index is 0.192. The second-order valence-electron chi connectivity index (χ2n) is 11.5. The van der Waals surface area contributed by atoms with Gasteiger partial charge in [0.1, 0.15) is 5.65 Å². The first-order chi connectivity index (χ1) is 21.7. The lowest BCUT2D eigenvalue weighted by Gasteiger charge is -2.30. The lowest BCUT2D eigenvalue weighted by atomic mass is 9.74. The van der Waals surface area contributed by atoms with E-state index in [0.29, 0.717) is 0 Å². The van der Waals surface area contributed by atoms with Crippen LogP contribution in [0, 0.1) is 5.92 Å². The summed E-state index contributed by atoms with van der Waals surface area (Å²) >= 11 is 0. The standard InChI is InChI=1S/C41H31N3/c1-28-37(33-18-11-22-42-27-33)25-34(26-38(28)36-20-10-15-29-12-5-6-19-35(29)36)31-16-9-17-32(24-31)41-40(30-13-3-2-4-14-30)43-39-21-7-8-23-44(39)41/h2-28,37H,1H3. The van der Waals surface area contributed by atoms with Gasteiger partial charge in [0.05, 0.1) is 11.4 Å². The fourth-order valence-corrected chi connectivity index (χ4v) is 6.73. The molecule has 1 aliphatic rings. The molecular weight excluding hydrogens is 534 g/mol. The highest BCUT2D eigenvalue weighted by molar-refractivity contribution is 5.98. The van der Waals surface area contributed by atoms with Crippen LogP contribution in [-0.4, -0.2) is 14.4 Å². The van der Waals surface area contributed by atoms with Gasteiger partial charge in [0.15, 0.2) is 0 Å². The third-order valence-electron chi connectivity index (χ3n) is 8.92. The predicted molar refractivity (Wildman–Crippen MR) is 182 cm³/mol. The Morgan fingerprint density at radius 2 is 1.45 bits per heavy atom. The molecule has 4 aromatic carbocycles. The van der Waals surface area contributed by atoms with E-state index in [9.17, 15) is 0 Å². The molecule has 3 aromatic heterocycles. The molecule has 210 valence electrons. The van der Waals surface area contributed by atoms with E-state index < -0.39 is 0 Å². The molecule has 8 rings (SSSR count). The van der Waals surface area contributed by atoms with Crippen molar-refractivity contribution in [2.24, 2.45) is 5.92 Å². The number of allylic oxidation sites excluding steroid dienone is 4. The molecule has 2 unspecified atom stereocenters. The zero-order valence-corrected chi connectivity index (χ0v) is 24.5. The molecule has 0 fully saturated rings. The van der Waals surface area contributed by atoms with Gasteiger partial charge in [-0.2, -0.15) is 0 Å². The van der Waals surface area contributed by atoms with Crippen LogP contribution in [0.5, 0.6) is 0 Å². The Kier molecular flexibility index (Phi) is 6.49. The molecule has 0 N–H and O–H groups in total. The van der Waals surface area contributed by atoms with Crippen LogP contribution in [0.25, 0.3) is 50.1 Å². The zero-order valence-electron chi connectivity index (χ0n) is 24.5. The molecule has 3 heterocycles. The average molecular weight is 566 g/mol. The lowest BCUT2D eigenvalue weighted by molar-refractivity contribution is 0.654. The van der Waals surface area contributed by atoms with E-state index in [1.54, 1.807) is 0 Å². The summed E-state index contributed by atoms with van der Waals surface area (Å²) in [7, 11) is 0. The molecule has 0 radical (unpaired) electrons. The van der Waals surface area contributed by atoms with E-state index in [-0.39, 0.29) is 11.8 Å². The summed E-state index contributed by atoms with van der Waals surface area (Å²) in [5.74, 6) is 0.470. The van der Waals surface area contributed by atoms with Gasteiger partial charge in [-0.1, -0.05) is 122 Å². The minimum atomic E-state index is 0.192. The second-order valence-corrected chi connectivity index (χ2v) is 11.5. The molecule has 3 nitrogen and oxygen atoms in total. The second kappa shape index (κ2) is 10.9. The smallest absolute Gasteiger partial charge is 0.137 e. The van der Waals surface area contributed by atoms with Crippen molar-refractivity contribution in [1.82, 2.24) is 14.4 Å². The fourth-order valence-electron chi connectivity index (χ4n) is 6.73. The van der Waals surface area contributed by atoms with Crippen molar-refractivity contribution in [2.75, 3.05) is 0 Å². The van der Waals surface area contributed by atoms with Gasteiger partial charge in [-0.25, -0.2) is 4.98 Å². The van der Waals surface area contributed by atoms with Crippen LogP contribution in [0.3, 0.4) is 0 Å². The number of pyridine rings is 2. The van der Waals surface area contributed by atoms with Gasteiger partial charge in [-0.3, -0.25) is 9.38 Å². The van der Waals surface area contributed by atoms with Gasteiger partial charge in [-0.05, 0) is 68.8 Å². The third kappa shape index (κ3) is 4.54. The molecule has 0 aliphatic heterocycles. The number of hydrogen-bond donors (Lipinski definition) is 0. The van der Waals surface area contributed by atoms with Crippen molar-refractivity contribution in [3.63, 3.8) is 0 Å². The normalized spacial score (nSPS) is 16.6. The van der Waals surface area contributed by atoms with Gasteiger partial charge in [-0.15, -0.1) is 0 Å². The van der Waals surface area contributed by atoms with E-state index in [4.69, 9.17) is 4.98 Å². The lowest BCUT2D eigenvalue weighted by Crippen LogP contribution is -2.14. The summed E-state index contributed by atoms with van der Waals surface area (Å²) in [4.78, 5) is 9.57. The summed E-state index contributed by atoms with van der Waals surface area (Å²) in [5, 5.41) is 2.54. The number of imidazole rings is 1. The molecule has 0 saturated heterocycles. The highest BCUT2D eigenvalue weighted by Crippen LogP contribution is 2.45. The maximum absolute atomic E-state index is 5.07. The van der Waals surface area contributed by atoms with E-state index in [2.05, 4.69) is 150 Å². The van der Waals surface area contributed by atoms with Crippen molar-refractivity contribution in [1.29, 1.82) is 0 Å². The summed E-state index contributed by atoms with van der Waals surface area (Å²) in [6.07, 6.45) is 10.8. The van der Waals surface area contributed by atoms with Gasteiger partial charge < -0.3 is 0 Å². The summed E-state index contributed by atoms with van der Waals surface area (Å²) < 4.78 is 2.20. The van der Waals surface area contributed by atoms with Crippen molar-refractivity contribution < 1.29 is 0 Å². The molecule has 0 spiro atoms. The SMILES string of the molecule is CC1C(c2cccc3ccccc23)=CC(c2cccc(-c3c(-c4ccccc4)nc4ccccn34)c2)=CC1c1cccnc1. The quantitative estimate of drug-likeness (QED) is 0.208. The molecule has 0 amide bonds. The first-order valence-corrected chi connectivity index (χ1v) is 15.2. The topological polar surface area (TPSA) is 30.2 Å². The van der Waals surface area contributed by atoms with E-state index in [1.165, 1.54) is 38.6 Å². The highest BCUT2D eigenvalue weighted by atomic mass is 15.0. The van der Waals surface area contributed by atoms with Crippen LogP contribution in [0.1, 0.15) is 29.5 Å². The third-order valence-corrected chi connectivity index (χ3v) is 8.92. The Labute approximate surface area is 257 Å². The Balaban J connectivity index is 1.32. The van der Waals surface area contributed by atoms with Gasteiger partial charge in [0.2, 0.25) is 0 Å². The van der Waals surface area contributed by atoms with Gasteiger partial charge >= 0.3 is 0 Å². The summed E-state index contributed by atoms with van der Waals surface area (Å²) in [6, 6.07) is 45.2. The molecule has 1 aliphatic carbocycles. The van der Waals surface area contributed by atoms with E-state index in [1.807, 2.05) is 24.5 Å². The first kappa shape index (κ1) is 26.1. The van der Waals surface area contributed by atoms with Crippen LogP contribution in [0.2, 0.25) is 0 Å². The molecule has 3 heteroatoms. The zero-order chi connectivity index (χ0) is 29.5. The first-order valence-electron chi connectivity index (χ1n) is 15.2. The molecule has 2 atom stereocenters. The molecule has 44 heavy (non-hydrogen) atoms. The Hall–Kier alpha value is -5.54. The minimum Gasteiger partial charge on any atom is -0.299 e. The van der Waals surface area contributed by atoms with Crippen LogP contribution in [0.4, 0.5) is 0 Å². The maximum Gasteiger partial charge on any atom is 0.137 e. The summed E-state index contributed by atoms with van der Waals surface area (Å²) in [5.41, 5.74) is 11.5. The molecular formula is C41H31N3. The van der Waals surface area contributed by atoms with Crippen molar-refractivity contribution in [3.05, 3.63) is 175 Å². The van der Waals surface area contributed by atoms with Crippen LogP contribution in [0.15, 0.2) is 158 Å². The summed E-state index contributed by atoms with van der Waals surface area (Å²) in [6.45, 7) is 2.35. The largest absolute Gasteiger partial charge is 0.299 e. The van der Waals surface area contributed by atoms with Crippen molar-refractivity contribution >= 4 is 27.6 Å². The van der Waals surface area contributed by atoms with Crippen LogP contribution >= 0.6 is 0 Å². The number of rotatable bonds is 5. The van der Waals surface area contributed by atoms with Gasteiger partial charge in [0, 0.05) is 35.6 Å². The highest BCUT2D eigenvalue weighted by Gasteiger charge is 2.28. The van der Waals surface area contributed by atoms with Crippen molar-refractivity contribution in [2.45, 2.75) is 12.8 Å². The van der Waals surface area contributed by atoms with Gasteiger partial charge in [0.25, 0.3) is 0 Å². The average Bonchev–Trinajstić information content (AvgIpc) is 3.49. The predicted octanol–water partition coefficient (Wildman–Crippen LogP) is 10.1. The monoisotopic (exact) mass is 565 g/mol. The van der Waals surface area contributed by atoms with Crippen molar-refractivity contribution in [3.8, 4) is 22.5 Å². The fraction of sp³-hybridized carbons (Fsp3) is 0.0732. The van der Waals surface area contributed by atoms with Crippen LogP contribution in [-0.2, 0) is 0 Å². The Morgan fingerprint density at radius 3 is 2.34 bits per heavy atom. The Morgan fingerprint density at radius 1 is 0.682 bits per heavy atom. The van der Waals surface area contributed by atoms with E-state index in [0.717, 1.165) is 28.2 Å². The number of aromatic nitrogens is 3. The molecule has 0 bridgehead atoms. The number of fused-ring (bicyclic) bond motifs is 2. The Bertz CT molecular complexity index is 2180.